The minimum atomic E-state index is 0.640. The van der Waals surface area contributed by atoms with Crippen LogP contribution in [0.2, 0.25) is 0 Å². The minimum absolute atomic E-state index is 0.640. The third kappa shape index (κ3) is 4.58. The summed E-state index contributed by atoms with van der Waals surface area (Å²) < 4.78 is 24.9. The van der Waals surface area contributed by atoms with Gasteiger partial charge in [0, 0.05) is 10.8 Å². The molecule has 0 fully saturated rings. The fourth-order valence-electron chi connectivity index (χ4n) is 3.55. The number of hydrogen-bond acceptors (Lipinski definition) is 4. The van der Waals surface area contributed by atoms with Crippen LogP contribution in [0.25, 0.3) is 21.5 Å². The molecule has 0 aliphatic heterocycles. The second-order valence-electron chi connectivity index (χ2n) is 7.41. The third-order valence-electron chi connectivity index (χ3n) is 4.82. The highest BCUT2D eigenvalue weighted by Crippen LogP contribution is 2.49. The molecule has 0 aliphatic carbocycles. The topological polar surface area (TPSA) is 36.9 Å². The van der Waals surface area contributed by atoms with Crippen molar-refractivity contribution >= 4 is 21.5 Å². The summed E-state index contributed by atoms with van der Waals surface area (Å²) in [6.45, 7) is 11.1. The van der Waals surface area contributed by atoms with Gasteiger partial charge in [0.05, 0.1) is 37.2 Å². The maximum Gasteiger partial charge on any atom is 0.139 e. The SMILES string of the molecule is CCCOc1cccc2c(OCCC)c3c(OCCC)cccc3c(OCCC)c12. The van der Waals surface area contributed by atoms with E-state index < -0.39 is 0 Å². The van der Waals surface area contributed by atoms with Crippen molar-refractivity contribution in [2.24, 2.45) is 0 Å². The molecule has 3 aromatic carbocycles. The number of rotatable bonds is 12. The van der Waals surface area contributed by atoms with Crippen LogP contribution in [0.3, 0.4) is 0 Å². The summed E-state index contributed by atoms with van der Waals surface area (Å²) in [7, 11) is 0. The smallest absolute Gasteiger partial charge is 0.139 e. The first-order chi connectivity index (χ1) is 14.8. The van der Waals surface area contributed by atoms with E-state index in [-0.39, 0.29) is 0 Å². The van der Waals surface area contributed by atoms with E-state index in [4.69, 9.17) is 18.9 Å². The van der Waals surface area contributed by atoms with Crippen LogP contribution in [0.4, 0.5) is 0 Å². The zero-order valence-corrected chi connectivity index (χ0v) is 18.8. The fourth-order valence-corrected chi connectivity index (χ4v) is 3.55. The van der Waals surface area contributed by atoms with Gasteiger partial charge in [-0.15, -0.1) is 0 Å². The van der Waals surface area contributed by atoms with Gasteiger partial charge in [-0.2, -0.15) is 0 Å². The molecule has 0 unspecified atom stereocenters. The number of benzene rings is 3. The van der Waals surface area contributed by atoms with Gasteiger partial charge < -0.3 is 18.9 Å². The molecule has 0 bridgehead atoms. The van der Waals surface area contributed by atoms with Gasteiger partial charge in [-0.05, 0) is 37.8 Å². The molecule has 3 rings (SSSR count). The Morgan fingerprint density at radius 2 is 0.867 bits per heavy atom. The van der Waals surface area contributed by atoms with Crippen molar-refractivity contribution in [1.29, 1.82) is 0 Å². The van der Waals surface area contributed by atoms with Gasteiger partial charge in [0.2, 0.25) is 0 Å². The quantitative estimate of drug-likeness (QED) is 0.297. The summed E-state index contributed by atoms with van der Waals surface area (Å²) in [5, 5.41) is 3.96. The first-order valence-electron chi connectivity index (χ1n) is 11.3. The molecule has 0 saturated carbocycles. The molecule has 0 aromatic heterocycles. The minimum Gasteiger partial charge on any atom is -0.493 e. The number of fused-ring (bicyclic) bond motifs is 2. The van der Waals surface area contributed by atoms with Gasteiger partial charge >= 0.3 is 0 Å². The van der Waals surface area contributed by atoms with E-state index in [0.717, 1.165) is 70.2 Å². The van der Waals surface area contributed by atoms with Crippen molar-refractivity contribution in [2.45, 2.75) is 53.4 Å². The maximum atomic E-state index is 6.33. The van der Waals surface area contributed by atoms with Crippen LogP contribution in [-0.4, -0.2) is 26.4 Å². The average Bonchev–Trinajstić information content (AvgIpc) is 2.78. The Morgan fingerprint density at radius 3 is 1.23 bits per heavy atom. The summed E-state index contributed by atoms with van der Waals surface area (Å²) in [4.78, 5) is 0. The van der Waals surface area contributed by atoms with Crippen LogP contribution >= 0.6 is 0 Å². The molecule has 4 heteroatoms. The average molecular weight is 411 g/mol. The van der Waals surface area contributed by atoms with Gasteiger partial charge in [-0.1, -0.05) is 52.0 Å². The third-order valence-corrected chi connectivity index (χ3v) is 4.82. The lowest BCUT2D eigenvalue weighted by Gasteiger charge is -2.21. The summed E-state index contributed by atoms with van der Waals surface area (Å²) in [6.07, 6.45) is 3.76. The molecular formula is C26H34O4. The van der Waals surface area contributed by atoms with Crippen LogP contribution in [0.15, 0.2) is 36.4 Å². The zero-order valence-electron chi connectivity index (χ0n) is 18.8. The standard InChI is InChI=1S/C26H34O4/c1-5-15-27-21-13-9-11-19-23(21)25(29-17-7-3)20-12-10-14-22(28-16-6-2)24(20)26(19)30-18-8-4/h9-14H,5-8,15-18H2,1-4H3. The highest BCUT2D eigenvalue weighted by Gasteiger charge is 2.22. The molecule has 0 atom stereocenters. The predicted octanol–water partition coefficient (Wildman–Crippen LogP) is 7.15. The largest absolute Gasteiger partial charge is 0.493 e. The van der Waals surface area contributed by atoms with E-state index in [1.807, 2.05) is 24.3 Å². The van der Waals surface area contributed by atoms with Crippen molar-refractivity contribution in [2.75, 3.05) is 26.4 Å². The van der Waals surface area contributed by atoms with Crippen LogP contribution < -0.4 is 18.9 Å². The Hall–Kier alpha value is -2.62. The Labute approximate surface area is 180 Å². The lowest BCUT2D eigenvalue weighted by Crippen LogP contribution is -2.04. The van der Waals surface area contributed by atoms with Crippen molar-refractivity contribution in [1.82, 2.24) is 0 Å². The molecule has 0 amide bonds. The molecular weight excluding hydrogens is 376 g/mol. The number of hydrogen-bond donors (Lipinski definition) is 0. The summed E-state index contributed by atoms with van der Waals surface area (Å²) in [5.74, 6) is 3.37. The lowest BCUT2D eigenvalue weighted by molar-refractivity contribution is 0.306. The first kappa shape index (κ1) is 22.1. The van der Waals surface area contributed by atoms with E-state index in [9.17, 15) is 0 Å². The number of ether oxygens (including phenoxy) is 4. The van der Waals surface area contributed by atoms with Gasteiger partial charge in [0.15, 0.2) is 0 Å². The summed E-state index contributed by atoms with van der Waals surface area (Å²) >= 11 is 0. The monoisotopic (exact) mass is 410 g/mol. The van der Waals surface area contributed by atoms with E-state index in [1.165, 1.54) is 0 Å². The molecule has 162 valence electrons. The van der Waals surface area contributed by atoms with Crippen molar-refractivity contribution in [3.63, 3.8) is 0 Å². The van der Waals surface area contributed by atoms with E-state index >= 15 is 0 Å². The van der Waals surface area contributed by atoms with Gasteiger partial charge in [-0.25, -0.2) is 0 Å². The van der Waals surface area contributed by atoms with Crippen LogP contribution in [0, 0.1) is 0 Å². The van der Waals surface area contributed by atoms with Crippen LogP contribution in [0.5, 0.6) is 23.0 Å². The molecule has 4 nitrogen and oxygen atoms in total. The lowest BCUT2D eigenvalue weighted by atomic mass is 9.99. The van der Waals surface area contributed by atoms with E-state index in [1.54, 1.807) is 0 Å². The van der Waals surface area contributed by atoms with Crippen molar-refractivity contribution in [3.8, 4) is 23.0 Å². The fraction of sp³-hybridized carbons (Fsp3) is 0.462. The Balaban J connectivity index is 2.38. The zero-order chi connectivity index (χ0) is 21.3. The normalized spacial score (nSPS) is 11.1. The highest BCUT2D eigenvalue weighted by atomic mass is 16.5. The van der Waals surface area contributed by atoms with Crippen LogP contribution in [-0.2, 0) is 0 Å². The Morgan fingerprint density at radius 1 is 0.500 bits per heavy atom. The molecule has 30 heavy (non-hydrogen) atoms. The van der Waals surface area contributed by atoms with Gasteiger partial charge in [0.25, 0.3) is 0 Å². The van der Waals surface area contributed by atoms with Crippen molar-refractivity contribution < 1.29 is 18.9 Å². The predicted molar refractivity (Wildman–Crippen MR) is 125 cm³/mol. The summed E-state index contributed by atoms with van der Waals surface area (Å²) in [6, 6.07) is 12.3. The van der Waals surface area contributed by atoms with Gasteiger partial charge in [-0.3, -0.25) is 0 Å². The molecule has 0 spiro atoms. The molecule has 0 aliphatic rings. The van der Waals surface area contributed by atoms with E-state index in [2.05, 4.69) is 39.8 Å². The molecule has 3 aromatic rings. The Kier molecular flexibility index (Phi) is 8.06. The summed E-state index contributed by atoms with van der Waals surface area (Å²) in [5.41, 5.74) is 0. The second kappa shape index (κ2) is 11.0. The first-order valence-corrected chi connectivity index (χ1v) is 11.3. The maximum absolute atomic E-state index is 6.33. The van der Waals surface area contributed by atoms with Crippen LogP contribution in [0.1, 0.15) is 53.4 Å². The molecule has 0 heterocycles. The van der Waals surface area contributed by atoms with Crippen molar-refractivity contribution in [3.05, 3.63) is 36.4 Å². The van der Waals surface area contributed by atoms with E-state index in [0.29, 0.717) is 26.4 Å². The molecule has 0 saturated heterocycles. The molecule has 0 radical (unpaired) electrons. The molecule has 0 N–H and O–H groups in total. The Bertz CT molecular complexity index is 885. The highest BCUT2D eigenvalue weighted by molar-refractivity contribution is 6.15. The van der Waals surface area contributed by atoms with Gasteiger partial charge in [0.1, 0.15) is 23.0 Å². The second-order valence-corrected chi connectivity index (χ2v) is 7.41.